The molecule has 1 rings (SSSR count). The molecule has 0 aliphatic carbocycles. The summed E-state index contributed by atoms with van der Waals surface area (Å²) < 4.78 is 37.6. The van der Waals surface area contributed by atoms with Gasteiger partial charge in [0.2, 0.25) is 0 Å². The van der Waals surface area contributed by atoms with Crippen LogP contribution in [0.5, 0.6) is 0 Å². The molecule has 0 saturated carbocycles. The average molecular weight is 197 g/mol. The van der Waals surface area contributed by atoms with Gasteiger partial charge < -0.3 is 10.1 Å². The van der Waals surface area contributed by atoms with Gasteiger partial charge >= 0.3 is 10.2 Å². The van der Waals surface area contributed by atoms with E-state index in [1.165, 1.54) is 0 Å². The van der Waals surface area contributed by atoms with Crippen LogP contribution in [0.15, 0.2) is 0 Å². The zero-order chi connectivity index (χ0) is 9.19. The summed E-state index contributed by atoms with van der Waals surface area (Å²) in [6.45, 7) is 0.594. The zero-order valence-corrected chi connectivity index (χ0v) is 7.60. The van der Waals surface area contributed by atoms with E-state index >= 15 is 0 Å². The van der Waals surface area contributed by atoms with Gasteiger partial charge in [-0.15, -0.1) is 3.89 Å². The van der Waals surface area contributed by atoms with Crippen molar-refractivity contribution in [2.75, 3.05) is 19.4 Å². The van der Waals surface area contributed by atoms with E-state index in [9.17, 15) is 12.3 Å². The van der Waals surface area contributed by atoms with Gasteiger partial charge in [0.15, 0.2) is 0 Å². The first-order valence-corrected chi connectivity index (χ1v) is 5.25. The summed E-state index contributed by atoms with van der Waals surface area (Å²) >= 11 is 0. The van der Waals surface area contributed by atoms with Gasteiger partial charge in [0, 0.05) is 19.7 Å². The predicted molar refractivity (Wildman–Crippen MR) is 42.1 cm³/mol. The van der Waals surface area contributed by atoms with Gasteiger partial charge in [-0.2, -0.15) is 8.42 Å². The van der Waals surface area contributed by atoms with E-state index in [1.807, 2.05) is 0 Å². The van der Waals surface area contributed by atoms with Crippen LogP contribution in [0.25, 0.3) is 0 Å². The van der Waals surface area contributed by atoms with Gasteiger partial charge in [0.05, 0.1) is 11.9 Å². The SMILES string of the molecule is COC1CNC(CS(=O)(=O)F)C1. The molecule has 0 radical (unpaired) electrons. The number of hydrogen-bond acceptors (Lipinski definition) is 4. The number of rotatable bonds is 3. The fraction of sp³-hybridized carbons (Fsp3) is 1.00. The molecule has 12 heavy (non-hydrogen) atoms. The molecular weight excluding hydrogens is 185 g/mol. The Balaban J connectivity index is 2.38. The van der Waals surface area contributed by atoms with Crippen LogP contribution in [0.3, 0.4) is 0 Å². The highest BCUT2D eigenvalue weighted by Crippen LogP contribution is 2.11. The van der Waals surface area contributed by atoms with E-state index in [2.05, 4.69) is 5.32 Å². The Morgan fingerprint density at radius 1 is 1.67 bits per heavy atom. The van der Waals surface area contributed by atoms with Crippen LogP contribution in [-0.2, 0) is 15.0 Å². The minimum absolute atomic E-state index is 0.0109. The van der Waals surface area contributed by atoms with Crippen LogP contribution in [0.1, 0.15) is 6.42 Å². The highest BCUT2D eigenvalue weighted by atomic mass is 32.3. The van der Waals surface area contributed by atoms with Crippen LogP contribution < -0.4 is 5.32 Å². The minimum atomic E-state index is -4.36. The third-order valence-corrected chi connectivity index (χ3v) is 2.72. The molecule has 1 aliphatic rings. The Kier molecular flexibility index (Phi) is 3.03. The molecule has 0 amide bonds. The molecule has 0 bridgehead atoms. The van der Waals surface area contributed by atoms with Gasteiger partial charge in [-0.1, -0.05) is 0 Å². The maximum atomic E-state index is 12.2. The van der Waals surface area contributed by atoms with Crippen LogP contribution in [0, 0.1) is 0 Å². The number of hydrogen-bond donors (Lipinski definition) is 1. The summed E-state index contributed by atoms with van der Waals surface area (Å²) in [5, 5.41) is 2.87. The van der Waals surface area contributed by atoms with Gasteiger partial charge in [0.1, 0.15) is 0 Å². The average Bonchev–Trinajstić information content (AvgIpc) is 2.32. The molecule has 72 valence electrons. The second-order valence-corrected chi connectivity index (χ2v) is 4.32. The molecular formula is C6H12FNO3S. The topological polar surface area (TPSA) is 55.4 Å². The molecule has 6 heteroatoms. The molecule has 1 fully saturated rings. The molecule has 4 nitrogen and oxygen atoms in total. The Morgan fingerprint density at radius 3 is 2.75 bits per heavy atom. The van der Waals surface area contributed by atoms with Crippen molar-refractivity contribution in [2.24, 2.45) is 0 Å². The van der Waals surface area contributed by atoms with Gasteiger partial charge in [0.25, 0.3) is 0 Å². The minimum Gasteiger partial charge on any atom is -0.380 e. The Hall–Kier alpha value is -0.200. The summed E-state index contributed by atoms with van der Waals surface area (Å²) in [4.78, 5) is 0. The largest absolute Gasteiger partial charge is 0.380 e. The molecule has 1 N–H and O–H groups in total. The van der Waals surface area contributed by atoms with E-state index in [-0.39, 0.29) is 12.1 Å². The molecule has 0 spiro atoms. The van der Waals surface area contributed by atoms with Crippen molar-refractivity contribution < 1.29 is 17.0 Å². The molecule has 0 aromatic rings. The summed E-state index contributed by atoms with van der Waals surface area (Å²) in [5.74, 6) is -0.452. The van der Waals surface area contributed by atoms with Crippen molar-refractivity contribution in [1.29, 1.82) is 0 Å². The molecule has 0 aromatic carbocycles. The van der Waals surface area contributed by atoms with Gasteiger partial charge in [-0.25, -0.2) is 0 Å². The summed E-state index contributed by atoms with van der Waals surface area (Å²) in [7, 11) is -2.80. The van der Waals surface area contributed by atoms with Gasteiger partial charge in [-0.05, 0) is 6.42 Å². The van der Waals surface area contributed by atoms with Gasteiger partial charge in [-0.3, -0.25) is 0 Å². The van der Waals surface area contributed by atoms with Crippen molar-refractivity contribution in [1.82, 2.24) is 5.32 Å². The van der Waals surface area contributed by atoms with Crippen molar-refractivity contribution in [3.63, 3.8) is 0 Å². The summed E-state index contributed by atoms with van der Waals surface area (Å²) in [6.07, 6.45) is 0.566. The second-order valence-electron chi connectivity index (χ2n) is 2.90. The van der Waals surface area contributed by atoms with Crippen molar-refractivity contribution in [3.05, 3.63) is 0 Å². The molecule has 0 aromatic heterocycles. The van der Waals surface area contributed by atoms with E-state index < -0.39 is 16.0 Å². The quantitative estimate of drug-likeness (QED) is 0.629. The Bertz CT molecular complexity index is 241. The normalized spacial score (nSPS) is 30.8. The summed E-state index contributed by atoms with van der Waals surface area (Å²) in [5.41, 5.74) is 0. The molecule has 1 aliphatic heterocycles. The van der Waals surface area contributed by atoms with Crippen molar-refractivity contribution in [2.45, 2.75) is 18.6 Å². The number of halogens is 1. The van der Waals surface area contributed by atoms with E-state index in [0.29, 0.717) is 13.0 Å². The summed E-state index contributed by atoms with van der Waals surface area (Å²) in [6, 6.07) is -0.301. The highest BCUT2D eigenvalue weighted by molar-refractivity contribution is 7.86. The molecule has 1 saturated heterocycles. The fourth-order valence-corrected chi connectivity index (χ4v) is 2.06. The van der Waals surface area contributed by atoms with Crippen LogP contribution >= 0.6 is 0 Å². The molecule has 1 heterocycles. The second kappa shape index (κ2) is 3.68. The zero-order valence-electron chi connectivity index (χ0n) is 6.79. The first kappa shape index (κ1) is 9.88. The lowest BCUT2D eigenvalue weighted by Crippen LogP contribution is -2.28. The van der Waals surface area contributed by atoms with E-state index in [1.54, 1.807) is 7.11 Å². The van der Waals surface area contributed by atoms with Crippen LogP contribution in [0.4, 0.5) is 3.89 Å². The lowest BCUT2D eigenvalue weighted by atomic mass is 10.2. The predicted octanol–water partition coefficient (Wildman–Crippen LogP) is -0.337. The maximum Gasteiger partial charge on any atom is 0.303 e. The Morgan fingerprint density at radius 2 is 2.33 bits per heavy atom. The fourth-order valence-electron chi connectivity index (χ4n) is 1.33. The third kappa shape index (κ3) is 3.04. The van der Waals surface area contributed by atoms with Crippen molar-refractivity contribution >= 4 is 10.2 Å². The third-order valence-electron chi connectivity index (χ3n) is 1.92. The first-order valence-electron chi connectivity index (χ1n) is 3.70. The number of methoxy groups -OCH3 is 1. The van der Waals surface area contributed by atoms with Crippen LogP contribution in [-0.4, -0.2) is 40.0 Å². The first-order chi connectivity index (χ1) is 5.51. The lowest BCUT2D eigenvalue weighted by molar-refractivity contribution is 0.118. The van der Waals surface area contributed by atoms with E-state index in [4.69, 9.17) is 4.74 Å². The standard InChI is InChI=1S/C6H12FNO3S/c1-11-6-2-5(8-3-6)4-12(7,9)10/h5-6,8H,2-4H2,1H3. The van der Waals surface area contributed by atoms with Crippen LogP contribution in [0.2, 0.25) is 0 Å². The highest BCUT2D eigenvalue weighted by Gasteiger charge is 2.27. The monoisotopic (exact) mass is 197 g/mol. The van der Waals surface area contributed by atoms with Crippen molar-refractivity contribution in [3.8, 4) is 0 Å². The Labute approximate surface area is 71.3 Å². The smallest absolute Gasteiger partial charge is 0.303 e. The maximum absolute atomic E-state index is 12.2. The molecule has 2 atom stereocenters. The number of ether oxygens (including phenoxy) is 1. The van der Waals surface area contributed by atoms with E-state index in [0.717, 1.165) is 0 Å². The molecule has 2 unspecified atom stereocenters. The number of nitrogens with one attached hydrogen (secondary N) is 1. The lowest BCUT2D eigenvalue weighted by Gasteiger charge is -2.06.